The minimum Gasteiger partial charge on any atom is -0.403 e. The standard InChI is InChI=1S/C12H15N3O2.C12H17N3.2C2H6.2B/c16-15(17)7-6-13-12-9-14(10-12)8-11-4-2-1-3-5-11;13-6-7-14-12-9-15(10-12)8-11-4-2-1-3-5-11;2*1-2;;/h1-7,12-13H,8-10H2;1-7,12,14H,8-10,13H2;2*1-2H3;;/b2*7-6-;;;;. The summed E-state index contributed by atoms with van der Waals surface area (Å²) >= 11 is 0. The lowest BCUT2D eigenvalue weighted by molar-refractivity contribution is -0.402. The molecule has 0 bridgehead atoms. The average molecular weight is 518 g/mol. The number of benzene rings is 2. The number of likely N-dealkylation sites (tertiary alicyclic amines) is 2. The first-order chi connectivity index (χ1) is 17.6. The highest BCUT2D eigenvalue weighted by Gasteiger charge is 2.25. The highest BCUT2D eigenvalue weighted by molar-refractivity contribution is 5.76. The van der Waals surface area contributed by atoms with Crippen molar-refractivity contribution in [1.82, 2.24) is 20.4 Å². The molecule has 2 aliphatic heterocycles. The summed E-state index contributed by atoms with van der Waals surface area (Å²) in [4.78, 5) is 14.3. The molecule has 0 saturated carbocycles. The molecule has 0 spiro atoms. The van der Waals surface area contributed by atoms with Gasteiger partial charge in [0.25, 0.3) is 0 Å². The van der Waals surface area contributed by atoms with Crippen molar-refractivity contribution in [2.75, 3.05) is 26.2 Å². The lowest BCUT2D eigenvalue weighted by atomic mass is 10.1. The van der Waals surface area contributed by atoms with E-state index in [1.165, 1.54) is 17.3 Å². The van der Waals surface area contributed by atoms with Crippen LogP contribution in [0.5, 0.6) is 0 Å². The topological polar surface area (TPSA) is 99.7 Å². The molecule has 2 aromatic rings. The van der Waals surface area contributed by atoms with Crippen LogP contribution in [0, 0.1) is 10.1 Å². The van der Waals surface area contributed by atoms with Crippen LogP contribution in [-0.2, 0) is 13.1 Å². The first-order valence-electron chi connectivity index (χ1n) is 12.8. The molecule has 0 aliphatic carbocycles. The minimum absolute atomic E-state index is 0. The third-order valence-electron chi connectivity index (χ3n) is 5.37. The van der Waals surface area contributed by atoms with Crippen LogP contribution in [0.25, 0.3) is 0 Å². The summed E-state index contributed by atoms with van der Waals surface area (Å²) in [5, 5.41) is 16.3. The molecule has 2 aromatic carbocycles. The van der Waals surface area contributed by atoms with Crippen molar-refractivity contribution in [3.63, 3.8) is 0 Å². The van der Waals surface area contributed by atoms with Crippen molar-refractivity contribution in [3.8, 4) is 0 Å². The molecular weight excluding hydrogens is 474 g/mol. The molecule has 0 atom stereocenters. The third kappa shape index (κ3) is 15.1. The van der Waals surface area contributed by atoms with Crippen LogP contribution in [0.15, 0.2) is 85.5 Å². The first-order valence-corrected chi connectivity index (χ1v) is 12.8. The molecule has 0 aromatic heterocycles. The molecule has 2 fully saturated rings. The monoisotopic (exact) mass is 518 g/mol. The summed E-state index contributed by atoms with van der Waals surface area (Å²) in [5.74, 6) is 0. The number of rotatable bonds is 9. The van der Waals surface area contributed by atoms with Crippen molar-refractivity contribution in [2.45, 2.75) is 52.9 Å². The van der Waals surface area contributed by atoms with Gasteiger partial charge in [0.15, 0.2) is 0 Å². The Morgan fingerprint density at radius 2 is 1.16 bits per heavy atom. The van der Waals surface area contributed by atoms with Gasteiger partial charge in [0.05, 0.1) is 23.2 Å². The fraction of sp³-hybridized carbons (Fsp3) is 0.429. The zero-order chi connectivity index (χ0) is 26.6. The van der Waals surface area contributed by atoms with E-state index in [0.29, 0.717) is 12.1 Å². The number of nitrogens with one attached hydrogen (secondary N) is 2. The first kappa shape index (κ1) is 36.9. The lowest BCUT2D eigenvalue weighted by Gasteiger charge is -2.39. The Balaban J connectivity index is 0. The Labute approximate surface area is 233 Å². The molecule has 10 heteroatoms. The highest BCUT2D eigenvalue weighted by atomic mass is 16.6. The largest absolute Gasteiger partial charge is 0.403 e. The van der Waals surface area contributed by atoms with E-state index in [1.54, 1.807) is 6.20 Å². The van der Waals surface area contributed by atoms with Gasteiger partial charge < -0.3 is 16.4 Å². The molecule has 204 valence electrons. The Hall–Kier alpha value is -3.23. The van der Waals surface area contributed by atoms with Gasteiger partial charge in [0.1, 0.15) is 0 Å². The maximum Gasteiger partial charge on any atom is 0.249 e. The smallest absolute Gasteiger partial charge is 0.249 e. The van der Waals surface area contributed by atoms with E-state index in [1.807, 2.05) is 52.1 Å². The summed E-state index contributed by atoms with van der Waals surface area (Å²) in [7, 11) is 0. The molecule has 2 saturated heterocycles. The maximum atomic E-state index is 10.1. The Kier molecular flexibility index (Phi) is 22.3. The van der Waals surface area contributed by atoms with Gasteiger partial charge in [-0.15, -0.1) is 0 Å². The second-order valence-corrected chi connectivity index (χ2v) is 8.05. The van der Waals surface area contributed by atoms with Gasteiger partial charge in [-0.3, -0.25) is 19.9 Å². The van der Waals surface area contributed by atoms with Gasteiger partial charge in [0.2, 0.25) is 6.20 Å². The molecule has 4 rings (SSSR count). The van der Waals surface area contributed by atoms with Crippen LogP contribution in [0.2, 0.25) is 0 Å². The highest BCUT2D eigenvalue weighted by Crippen LogP contribution is 2.13. The predicted molar refractivity (Wildman–Crippen MR) is 161 cm³/mol. The molecule has 6 radical (unpaired) electrons. The lowest BCUT2D eigenvalue weighted by Crippen LogP contribution is -2.55. The van der Waals surface area contributed by atoms with Crippen molar-refractivity contribution in [3.05, 3.63) is 107 Å². The van der Waals surface area contributed by atoms with Gasteiger partial charge in [0, 0.05) is 68.5 Å². The normalized spacial score (nSPS) is 14.9. The summed E-state index contributed by atoms with van der Waals surface area (Å²) in [6.07, 6.45) is 5.69. The molecular formula is C28H44B2N6O2. The fourth-order valence-electron chi connectivity index (χ4n) is 3.72. The summed E-state index contributed by atoms with van der Waals surface area (Å²) < 4.78 is 0. The van der Waals surface area contributed by atoms with E-state index in [0.717, 1.165) is 45.5 Å². The van der Waals surface area contributed by atoms with E-state index in [2.05, 4.69) is 62.9 Å². The van der Waals surface area contributed by atoms with E-state index in [4.69, 9.17) is 5.73 Å². The number of nitro groups is 1. The molecule has 2 aliphatic rings. The third-order valence-corrected chi connectivity index (χ3v) is 5.37. The number of nitrogens with two attached hydrogens (primary N) is 1. The second-order valence-electron chi connectivity index (χ2n) is 8.05. The molecule has 38 heavy (non-hydrogen) atoms. The van der Waals surface area contributed by atoms with Gasteiger partial charge >= 0.3 is 0 Å². The molecule has 0 unspecified atom stereocenters. The molecule has 2 heterocycles. The molecule has 8 nitrogen and oxygen atoms in total. The van der Waals surface area contributed by atoms with Gasteiger partial charge in [-0.2, -0.15) is 0 Å². The SMILES string of the molecule is CC.CC.N/C=C\NC1CN(Cc2ccccc2)C1.O=[N+]([O-])/C=C\NC1CN(Cc2ccccc2)C1.[B].[B]. The average Bonchev–Trinajstić information content (AvgIpc) is 2.87. The van der Waals surface area contributed by atoms with E-state index in [9.17, 15) is 10.1 Å². The Bertz CT molecular complexity index is 875. The van der Waals surface area contributed by atoms with E-state index >= 15 is 0 Å². The van der Waals surface area contributed by atoms with Crippen molar-refractivity contribution >= 4 is 16.8 Å². The van der Waals surface area contributed by atoms with Crippen molar-refractivity contribution in [2.24, 2.45) is 5.73 Å². The zero-order valence-electron chi connectivity index (χ0n) is 23.4. The van der Waals surface area contributed by atoms with Gasteiger partial charge in [-0.05, 0) is 11.1 Å². The van der Waals surface area contributed by atoms with Crippen LogP contribution >= 0.6 is 0 Å². The number of hydrogen-bond acceptors (Lipinski definition) is 7. The quantitative estimate of drug-likeness (QED) is 0.266. The van der Waals surface area contributed by atoms with Crippen LogP contribution in [-0.4, -0.2) is 69.8 Å². The summed E-state index contributed by atoms with van der Waals surface area (Å²) in [5.41, 5.74) is 7.94. The minimum atomic E-state index is -0.465. The van der Waals surface area contributed by atoms with Crippen LogP contribution < -0.4 is 16.4 Å². The summed E-state index contributed by atoms with van der Waals surface area (Å²) in [6, 6.07) is 21.7. The zero-order valence-corrected chi connectivity index (χ0v) is 23.4. The van der Waals surface area contributed by atoms with Gasteiger partial charge in [-0.25, -0.2) is 0 Å². The molecule has 4 N–H and O–H groups in total. The molecule has 0 amide bonds. The second kappa shape index (κ2) is 22.9. The van der Waals surface area contributed by atoms with Crippen LogP contribution in [0.3, 0.4) is 0 Å². The van der Waals surface area contributed by atoms with Crippen LogP contribution in [0.4, 0.5) is 0 Å². The maximum absolute atomic E-state index is 10.1. The number of hydrogen-bond donors (Lipinski definition) is 3. The number of nitrogens with zero attached hydrogens (tertiary/aromatic N) is 3. The van der Waals surface area contributed by atoms with E-state index < -0.39 is 4.92 Å². The summed E-state index contributed by atoms with van der Waals surface area (Å²) in [6.45, 7) is 14.0. The predicted octanol–water partition coefficient (Wildman–Crippen LogP) is 3.39. The van der Waals surface area contributed by atoms with E-state index in [-0.39, 0.29) is 16.8 Å². The van der Waals surface area contributed by atoms with Crippen LogP contribution in [0.1, 0.15) is 38.8 Å². The Morgan fingerprint density at radius 1 is 0.789 bits per heavy atom. The van der Waals surface area contributed by atoms with Crippen molar-refractivity contribution in [1.29, 1.82) is 0 Å². The van der Waals surface area contributed by atoms with Crippen molar-refractivity contribution < 1.29 is 4.92 Å². The Morgan fingerprint density at radius 3 is 1.50 bits per heavy atom. The fourth-order valence-corrected chi connectivity index (χ4v) is 3.72. The van der Waals surface area contributed by atoms with Gasteiger partial charge in [-0.1, -0.05) is 88.4 Å².